The second kappa shape index (κ2) is 22.4. The van der Waals surface area contributed by atoms with E-state index in [-0.39, 0.29) is 0 Å². The van der Waals surface area contributed by atoms with Crippen LogP contribution in [0.15, 0.2) is 12.1 Å². The summed E-state index contributed by atoms with van der Waals surface area (Å²) in [5.74, 6) is 9.45. The fourth-order valence-electron chi connectivity index (χ4n) is 1.95. The first kappa shape index (κ1) is 32.3. The van der Waals surface area contributed by atoms with Gasteiger partial charge in [-0.2, -0.15) is 0 Å². The van der Waals surface area contributed by atoms with Crippen LogP contribution >= 0.6 is 59.7 Å². The van der Waals surface area contributed by atoms with Crippen LogP contribution in [0.25, 0.3) is 0 Å². The van der Waals surface area contributed by atoms with E-state index in [1.165, 1.54) is 21.3 Å². The molecule has 26 heavy (non-hydrogen) atoms. The quantitative estimate of drug-likeness (QED) is 0.279. The summed E-state index contributed by atoms with van der Waals surface area (Å²) in [6.45, 7) is 0. The number of rotatable bonds is 8. The van der Waals surface area contributed by atoms with Crippen LogP contribution in [0.3, 0.4) is 0 Å². The van der Waals surface area contributed by atoms with E-state index in [9.17, 15) is 0 Å². The van der Waals surface area contributed by atoms with Gasteiger partial charge in [0.05, 0.1) is 0 Å². The molecule has 0 aromatic heterocycles. The first-order valence-electron chi connectivity index (χ1n) is 6.87. The summed E-state index contributed by atoms with van der Waals surface area (Å²) >= 11 is -0.485. The van der Waals surface area contributed by atoms with Crippen molar-refractivity contribution in [3.8, 4) is 0 Å². The Labute approximate surface area is 218 Å². The van der Waals surface area contributed by atoms with E-state index in [1.54, 1.807) is 22.3 Å². The molecular weight excluding hydrogens is 847 g/mol. The summed E-state index contributed by atoms with van der Waals surface area (Å²) in [6.07, 6.45) is 0. The zero-order chi connectivity index (χ0) is 20.5. The molecule has 0 fully saturated rings. The molecule has 0 radical (unpaired) electrons. The molecule has 12 heteroatoms. The Hall–Kier alpha value is 4.15. The third kappa shape index (κ3) is 20.1. The van der Waals surface area contributed by atoms with Gasteiger partial charge < -0.3 is 0 Å². The van der Waals surface area contributed by atoms with Crippen molar-refractivity contribution in [3.63, 3.8) is 0 Å². The molecule has 0 atom stereocenters. The van der Waals surface area contributed by atoms with Gasteiger partial charge in [-0.3, -0.25) is 0 Å². The Morgan fingerprint density at radius 2 is 0.692 bits per heavy atom. The predicted octanol–water partition coefficient (Wildman–Crippen LogP) is 6.07. The summed E-state index contributed by atoms with van der Waals surface area (Å²) < 4.78 is 0. The number of halogens is 6. The zero-order valence-corrected chi connectivity index (χ0v) is 29.9. The van der Waals surface area contributed by atoms with E-state index < -0.39 is 23.7 Å². The van der Waals surface area contributed by atoms with Gasteiger partial charge in [-0.05, 0) is 0 Å². The van der Waals surface area contributed by atoms with Crippen molar-refractivity contribution in [2.45, 2.75) is 44.6 Å². The molecule has 0 aliphatic rings. The van der Waals surface area contributed by atoms with Crippen LogP contribution in [0.2, 0.25) is 23.3 Å². The van der Waals surface area contributed by atoms with Gasteiger partial charge in [-0.15, -0.1) is 0 Å². The summed E-state index contributed by atoms with van der Waals surface area (Å²) in [5.41, 5.74) is 6.70. The van der Waals surface area contributed by atoms with Crippen LogP contribution in [0.4, 0.5) is 0 Å². The molecule has 0 saturated carbocycles. The molecule has 0 heterocycles. The Bertz CT molecular complexity index is 392. The number of hydrogen-bond donors (Lipinski definition) is 0. The minimum absolute atomic E-state index is 0.764. The van der Waals surface area contributed by atoms with E-state index in [0.29, 0.717) is 0 Å². The summed E-state index contributed by atoms with van der Waals surface area (Å²) in [4.78, 5) is 0. The van der Waals surface area contributed by atoms with Gasteiger partial charge in [0, 0.05) is 0 Å². The molecule has 0 spiro atoms. The van der Waals surface area contributed by atoms with E-state index >= 15 is 0 Å². The maximum atomic E-state index is 4.95. The predicted molar refractivity (Wildman–Crippen MR) is 134 cm³/mol. The first-order valence-corrected chi connectivity index (χ1v) is 33.4. The molecule has 0 aliphatic heterocycles. The van der Waals surface area contributed by atoms with Crippen molar-refractivity contribution < 1.29 is 0 Å². The van der Waals surface area contributed by atoms with E-state index in [4.69, 9.17) is 59.7 Å². The third-order valence-electron chi connectivity index (χ3n) is 2.72. The van der Waals surface area contributed by atoms with Crippen molar-refractivity contribution in [3.05, 3.63) is 34.4 Å². The van der Waals surface area contributed by atoms with Gasteiger partial charge >= 0.3 is 222 Å². The van der Waals surface area contributed by atoms with Crippen LogP contribution in [0.1, 0.15) is 22.3 Å². The standard InChI is InChI=1S/C14H22Se4.2AsCl3/c1-15-7-11-5-13(9-17-3)14(10-18-4)6-12(11)8-16-2;2*2-1(3)4/h5-6H,7-10H2,1-4H3;;. The number of benzene rings is 1. The summed E-state index contributed by atoms with van der Waals surface area (Å²) in [5, 5.41) is 5.33. The van der Waals surface area contributed by atoms with Gasteiger partial charge in [0.2, 0.25) is 0 Å². The van der Waals surface area contributed by atoms with Crippen molar-refractivity contribution in [2.75, 3.05) is 0 Å². The van der Waals surface area contributed by atoms with Crippen LogP contribution in [0, 0.1) is 0 Å². The molecular formula is C14H22As2Cl6Se4. The second-order valence-corrected chi connectivity index (χ2v) is 29.3. The Balaban J connectivity index is 0. The minimum atomic E-state index is -1.77. The van der Waals surface area contributed by atoms with Crippen LogP contribution in [-0.4, -0.2) is 83.5 Å². The summed E-state index contributed by atoms with van der Waals surface area (Å²) in [6, 6.07) is 5.14. The molecule has 0 N–H and O–H groups in total. The fraction of sp³-hybridized carbons (Fsp3) is 0.571. The molecule has 0 bridgehead atoms. The van der Waals surface area contributed by atoms with Gasteiger partial charge in [0.15, 0.2) is 0 Å². The normalized spacial score (nSPS) is 10.3. The fourth-order valence-corrected chi connectivity index (χ4v) is 6.82. The van der Waals surface area contributed by atoms with Gasteiger partial charge in [0.1, 0.15) is 0 Å². The SMILES string of the molecule is C[Se]Cc1cc(C[Se]C)c(C[Se]C)cc1C[Se]C.Cl[As](Cl)Cl.Cl[As](Cl)Cl. The van der Waals surface area contributed by atoms with Crippen molar-refractivity contribution >= 4 is 143 Å². The zero-order valence-electron chi connectivity index (χ0n) is 14.8. The van der Waals surface area contributed by atoms with E-state index in [1.807, 2.05) is 0 Å². The Morgan fingerprint density at radius 3 is 0.808 bits per heavy atom. The van der Waals surface area contributed by atoms with Crippen molar-refractivity contribution in [1.29, 1.82) is 0 Å². The molecule has 154 valence electrons. The molecule has 0 aliphatic carbocycles. The maximum absolute atomic E-state index is 4.95. The molecule has 0 saturated heterocycles. The summed E-state index contributed by atoms with van der Waals surface area (Å²) in [7, 11) is 29.7. The van der Waals surface area contributed by atoms with Crippen molar-refractivity contribution in [2.24, 2.45) is 0 Å². The molecule has 0 amide bonds. The first-order chi connectivity index (χ1) is 12.2. The van der Waals surface area contributed by atoms with Crippen LogP contribution < -0.4 is 0 Å². The van der Waals surface area contributed by atoms with Crippen LogP contribution in [0.5, 0.6) is 0 Å². The van der Waals surface area contributed by atoms with E-state index in [0.717, 1.165) is 59.8 Å². The average Bonchev–Trinajstić information content (AvgIpc) is 2.51. The molecule has 0 unspecified atom stereocenters. The van der Waals surface area contributed by atoms with Gasteiger partial charge in [0.25, 0.3) is 0 Å². The molecule has 1 aromatic carbocycles. The van der Waals surface area contributed by atoms with Crippen LogP contribution in [-0.2, 0) is 21.3 Å². The van der Waals surface area contributed by atoms with Gasteiger partial charge in [-0.25, -0.2) is 0 Å². The van der Waals surface area contributed by atoms with Crippen molar-refractivity contribution in [1.82, 2.24) is 0 Å². The average molecular weight is 869 g/mol. The Kier molecular flexibility index (Phi) is 27.8. The Morgan fingerprint density at radius 1 is 0.538 bits per heavy atom. The molecule has 1 aromatic rings. The molecule has 0 nitrogen and oxygen atoms in total. The number of hydrogen-bond acceptors (Lipinski definition) is 0. The third-order valence-corrected chi connectivity index (χ3v) is 7.75. The topological polar surface area (TPSA) is 0 Å². The van der Waals surface area contributed by atoms with Gasteiger partial charge in [-0.1, -0.05) is 0 Å². The second-order valence-electron chi connectivity index (χ2n) is 4.51. The monoisotopic (exact) mass is 869 g/mol. The molecule has 1 rings (SSSR count). The van der Waals surface area contributed by atoms with E-state index in [2.05, 4.69) is 35.4 Å².